The molecule has 4 aromatic rings. The Bertz CT molecular complexity index is 1030. The molecule has 2 aromatic carbocycles. The molecular weight excluding hydrogens is 378 g/mol. The maximum atomic E-state index is 5.54. The zero-order valence-electron chi connectivity index (χ0n) is 15.1. The molecule has 138 valence electrons. The number of benzene rings is 2. The monoisotopic (exact) mass is 397 g/mol. The van der Waals surface area contributed by atoms with E-state index in [9.17, 15) is 0 Å². The first-order valence-electron chi connectivity index (χ1n) is 8.53. The Labute approximate surface area is 168 Å². The van der Waals surface area contributed by atoms with Crippen molar-refractivity contribution in [3.63, 3.8) is 0 Å². The molecule has 0 bridgehead atoms. The van der Waals surface area contributed by atoms with Gasteiger partial charge in [0.2, 0.25) is 0 Å². The van der Waals surface area contributed by atoms with Crippen LogP contribution < -0.4 is 10.1 Å². The van der Waals surface area contributed by atoms with Crippen LogP contribution in [-0.4, -0.2) is 16.6 Å². The molecule has 0 saturated heterocycles. The van der Waals surface area contributed by atoms with Gasteiger partial charge in [-0.15, -0.1) is 23.7 Å². The lowest BCUT2D eigenvalue weighted by Gasteiger charge is -2.09. The van der Waals surface area contributed by atoms with Gasteiger partial charge in [-0.1, -0.05) is 29.8 Å². The zero-order valence-corrected chi connectivity index (χ0v) is 16.7. The Hall–Kier alpha value is -2.63. The zero-order chi connectivity index (χ0) is 17.9. The van der Waals surface area contributed by atoms with Crippen LogP contribution in [0, 0.1) is 6.92 Å². The van der Waals surface area contributed by atoms with E-state index in [1.54, 1.807) is 17.7 Å². The molecular formula is C21H20ClN3OS. The molecule has 0 aliphatic heterocycles. The van der Waals surface area contributed by atoms with Crippen LogP contribution in [0.4, 0.5) is 11.5 Å². The number of fused-ring (bicyclic) bond motifs is 1. The maximum Gasteiger partial charge on any atom is 0.143 e. The Kier molecular flexibility index (Phi) is 5.94. The van der Waals surface area contributed by atoms with Crippen LogP contribution in [0.2, 0.25) is 0 Å². The summed E-state index contributed by atoms with van der Waals surface area (Å²) in [5, 5.41) is 6.61. The number of thiophene rings is 1. The number of nitrogens with zero attached hydrogens (tertiary/aromatic N) is 2. The third kappa shape index (κ3) is 4.04. The number of rotatable bonds is 5. The molecule has 6 heteroatoms. The smallest absolute Gasteiger partial charge is 0.143 e. The fourth-order valence-electron chi connectivity index (χ4n) is 2.85. The minimum absolute atomic E-state index is 0. The van der Waals surface area contributed by atoms with E-state index in [-0.39, 0.29) is 12.4 Å². The van der Waals surface area contributed by atoms with Gasteiger partial charge < -0.3 is 10.1 Å². The van der Waals surface area contributed by atoms with E-state index in [4.69, 9.17) is 4.74 Å². The molecule has 0 saturated carbocycles. The highest BCUT2D eigenvalue weighted by Crippen LogP contribution is 2.37. The first-order valence-corrected chi connectivity index (χ1v) is 9.41. The lowest BCUT2D eigenvalue weighted by atomic mass is 10.1. The second-order valence-corrected chi connectivity index (χ2v) is 6.86. The van der Waals surface area contributed by atoms with Crippen molar-refractivity contribution in [2.45, 2.75) is 13.8 Å². The minimum Gasteiger partial charge on any atom is -0.494 e. The van der Waals surface area contributed by atoms with Gasteiger partial charge in [0.25, 0.3) is 0 Å². The lowest BCUT2D eigenvalue weighted by molar-refractivity contribution is 0.340. The summed E-state index contributed by atoms with van der Waals surface area (Å²) >= 11 is 1.63. The maximum absolute atomic E-state index is 5.54. The van der Waals surface area contributed by atoms with Crippen molar-refractivity contribution < 1.29 is 4.74 Å². The number of aryl methyl sites for hydroxylation is 1. The van der Waals surface area contributed by atoms with Gasteiger partial charge >= 0.3 is 0 Å². The molecule has 2 aromatic heterocycles. The molecule has 0 radical (unpaired) electrons. The van der Waals surface area contributed by atoms with Crippen molar-refractivity contribution in [1.29, 1.82) is 0 Å². The predicted molar refractivity (Wildman–Crippen MR) is 116 cm³/mol. The van der Waals surface area contributed by atoms with Gasteiger partial charge in [-0.25, -0.2) is 9.97 Å². The largest absolute Gasteiger partial charge is 0.494 e. The Morgan fingerprint density at radius 3 is 2.44 bits per heavy atom. The highest BCUT2D eigenvalue weighted by atomic mass is 35.5. The number of aromatic nitrogens is 2. The number of nitrogens with one attached hydrogen (secondary N) is 1. The van der Waals surface area contributed by atoms with Gasteiger partial charge in [0.05, 0.1) is 12.0 Å². The first kappa shape index (κ1) is 19.1. The molecule has 0 amide bonds. The summed E-state index contributed by atoms with van der Waals surface area (Å²) < 4.78 is 5.54. The van der Waals surface area contributed by atoms with Crippen LogP contribution in [0.25, 0.3) is 21.3 Å². The Morgan fingerprint density at radius 2 is 1.74 bits per heavy atom. The average molecular weight is 398 g/mol. The van der Waals surface area contributed by atoms with Crippen molar-refractivity contribution in [3.8, 4) is 16.9 Å². The SMILES string of the molecule is CCOc1ccc(-c2csc3ncnc(Nc4ccc(C)cc4)c23)cc1.Cl. The molecule has 4 rings (SSSR count). The molecule has 0 spiro atoms. The molecule has 27 heavy (non-hydrogen) atoms. The summed E-state index contributed by atoms with van der Waals surface area (Å²) in [7, 11) is 0. The van der Waals surface area contributed by atoms with Crippen LogP contribution in [0.15, 0.2) is 60.2 Å². The summed E-state index contributed by atoms with van der Waals surface area (Å²) in [5.41, 5.74) is 4.50. The van der Waals surface area contributed by atoms with Crippen LogP contribution in [0.5, 0.6) is 5.75 Å². The summed E-state index contributed by atoms with van der Waals surface area (Å²) in [6.45, 7) is 4.73. The van der Waals surface area contributed by atoms with E-state index in [0.717, 1.165) is 38.6 Å². The molecule has 0 unspecified atom stereocenters. The number of hydrogen-bond donors (Lipinski definition) is 1. The van der Waals surface area contributed by atoms with E-state index in [2.05, 4.69) is 64.0 Å². The number of ether oxygens (including phenoxy) is 1. The van der Waals surface area contributed by atoms with Gasteiger partial charge in [0.1, 0.15) is 22.7 Å². The molecule has 0 fully saturated rings. The topological polar surface area (TPSA) is 47.0 Å². The second kappa shape index (κ2) is 8.37. The van der Waals surface area contributed by atoms with Gasteiger partial charge in [0.15, 0.2) is 0 Å². The highest BCUT2D eigenvalue weighted by molar-refractivity contribution is 7.17. The third-order valence-electron chi connectivity index (χ3n) is 4.16. The predicted octanol–water partition coefficient (Wildman–Crippen LogP) is 6.23. The molecule has 1 N–H and O–H groups in total. The van der Waals surface area contributed by atoms with Gasteiger partial charge in [-0.05, 0) is 43.7 Å². The summed E-state index contributed by atoms with van der Waals surface area (Å²) in [6.07, 6.45) is 1.61. The van der Waals surface area contributed by atoms with E-state index in [1.165, 1.54) is 5.56 Å². The van der Waals surface area contributed by atoms with E-state index < -0.39 is 0 Å². The van der Waals surface area contributed by atoms with Crippen LogP contribution in [-0.2, 0) is 0 Å². The molecule has 0 aliphatic rings. The first-order chi connectivity index (χ1) is 12.7. The van der Waals surface area contributed by atoms with E-state index in [1.807, 2.05) is 19.1 Å². The standard InChI is InChI=1S/C21H19N3OS.ClH/c1-3-25-17-10-6-15(7-11-17)18-12-26-21-19(18)20(22-13-23-21)24-16-8-4-14(2)5-9-16;/h4-13H,3H2,1-2H3,(H,22,23,24);1H. The Morgan fingerprint density at radius 1 is 1.00 bits per heavy atom. The van der Waals surface area contributed by atoms with Crippen LogP contribution in [0.1, 0.15) is 12.5 Å². The number of halogens is 1. The van der Waals surface area contributed by atoms with Crippen molar-refractivity contribution >= 4 is 45.5 Å². The van der Waals surface area contributed by atoms with E-state index in [0.29, 0.717) is 6.61 Å². The van der Waals surface area contributed by atoms with Crippen molar-refractivity contribution in [1.82, 2.24) is 9.97 Å². The molecule has 0 atom stereocenters. The number of anilines is 2. The summed E-state index contributed by atoms with van der Waals surface area (Å²) in [4.78, 5) is 9.89. The highest BCUT2D eigenvalue weighted by Gasteiger charge is 2.13. The fraction of sp³-hybridized carbons (Fsp3) is 0.143. The van der Waals surface area contributed by atoms with Crippen LogP contribution in [0.3, 0.4) is 0 Å². The molecule has 2 heterocycles. The van der Waals surface area contributed by atoms with Gasteiger partial charge in [-0.2, -0.15) is 0 Å². The third-order valence-corrected chi connectivity index (χ3v) is 5.05. The molecule has 0 aliphatic carbocycles. The van der Waals surface area contributed by atoms with Crippen molar-refractivity contribution in [2.24, 2.45) is 0 Å². The Balaban J connectivity index is 0.00000210. The van der Waals surface area contributed by atoms with E-state index >= 15 is 0 Å². The summed E-state index contributed by atoms with van der Waals surface area (Å²) in [6, 6.07) is 16.4. The average Bonchev–Trinajstić information content (AvgIpc) is 3.10. The lowest BCUT2D eigenvalue weighted by Crippen LogP contribution is -1.95. The summed E-state index contributed by atoms with van der Waals surface area (Å²) in [5.74, 6) is 1.70. The van der Waals surface area contributed by atoms with Crippen molar-refractivity contribution in [3.05, 3.63) is 65.8 Å². The normalized spacial score (nSPS) is 10.4. The quantitative estimate of drug-likeness (QED) is 0.433. The van der Waals surface area contributed by atoms with Crippen LogP contribution >= 0.6 is 23.7 Å². The minimum atomic E-state index is 0. The second-order valence-electron chi connectivity index (χ2n) is 6.00. The number of hydrogen-bond acceptors (Lipinski definition) is 5. The fourth-order valence-corrected chi connectivity index (χ4v) is 3.77. The van der Waals surface area contributed by atoms with Gasteiger partial charge in [0, 0.05) is 16.6 Å². The molecule has 4 nitrogen and oxygen atoms in total. The van der Waals surface area contributed by atoms with Gasteiger partial charge in [-0.3, -0.25) is 0 Å². The van der Waals surface area contributed by atoms with Crippen molar-refractivity contribution in [2.75, 3.05) is 11.9 Å².